The highest BCUT2D eigenvalue weighted by molar-refractivity contribution is 7.98. The van der Waals surface area contributed by atoms with Gasteiger partial charge in [-0.1, -0.05) is 61.5 Å². The third-order valence-electron chi connectivity index (χ3n) is 4.83. The van der Waals surface area contributed by atoms with Crippen molar-refractivity contribution < 1.29 is 0 Å². The van der Waals surface area contributed by atoms with Gasteiger partial charge in [0, 0.05) is 12.3 Å². The molecule has 0 atom stereocenters. The summed E-state index contributed by atoms with van der Waals surface area (Å²) in [6.45, 7) is 4.90. The first kappa shape index (κ1) is 17.8. The standard InChI is InChI=1S/C21H22N4OS/c1-3-4-13-24-19(26)17-11-7-8-12-18(17)25-20(24)22-23-21(25)27-14-16-10-6-5-9-15(16)2/h5-12H,3-4,13-14H2,1-2H3. The minimum atomic E-state index is 0.00871. The molecule has 0 aliphatic carbocycles. The first-order chi connectivity index (χ1) is 13.2. The molecule has 0 unspecified atom stereocenters. The van der Waals surface area contributed by atoms with Crippen LogP contribution in [0.25, 0.3) is 16.7 Å². The number of para-hydroxylation sites is 1. The molecule has 0 amide bonds. The number of hydrogen-bond donors (Lipinski definition) is 0. The van der Waals surface area contributed by atoms with E-state index >= 15 is 0 Å². The number of thioether (sulfide) groups is 1. The molecule has 138 valence electrons. The van der Waals surface area contributed by atoms with Crippen LogP contribution in [0.5, 0.6) is 0 Å². The number of aryl methyl sites for hydroxylation is 2. The van der Waals surface area contributed by atoms with Gasteiger partial charge in [0.1, 0.15) is 0 Å². The first-order valence-electron chi connectivity index (χ1n) is 9.24. The molecule has 0 fully saturated rings. The number of hydrogen-bond acceptors (Lipinski definition) is 4. The van der Waals surface area contributed by atoms with Crippen LogP contribution in [0.4, 0.5) is 0 Å². The van der Waals surface area contributed by atoms with Crippen molar-refractivity contribution in [2.24, 2.45) is 0 Å². The average molecular weight is 379 g/mol. The van der Waals surface area contributed by atoms with Crippen molar-refractivity contribution in [1.29, 1.82) is 0 Å². The van der Waals surface area contributed by atoms with Crippen molar-refractivity contribution in [3.05, 3.63) is 70.0 Å². The lowest BCUT2D eigenvalue weighted by atomic mass is 10.1. The minimum absolute atomic E-state index is 0.00871. The Morgan fingerprint density at radius 3 is 2.63 bits per heavy atom. The molecule has 6 heteroatoms. The van der Waals surface area contributed by atoms with Gasteiger partial charge >= 0.3 is 0 Å². The van der Waals surface area contributed by atoms with Crippen LogP contribution in [0, 0.1) is 6.92 Å². The summed E-state index contributed by atoms with van der Waals surface area (Å²) in [5, 5.41) is 10.3. The van der Waals surface area contributed by atoms with Crippen molar-refractivity contribution in [3.8, 4) is 0 Å². The van der Waals surface area contributed by atoms with Crippen LogP contribution in [0.1, 0.15) is 30.9 Å². The minimum Gasteiger partial charge on any atom is -0.276 e. The third-order valence-corrected chi connectivity index (χ3v) is 5.81. The molecule has 0 radical (unpaired) electrons. The van der Waals surface area contributed by atoms with Gasteiger partial charge in [0.25, 0.3) is 5.56 Å². The summed E-state index contributed by atoms with van der Waals surface area (Å²) >= 11 is 1.65. The highest BCUT2D eigenvalue weighted by Crippen LogP contribution is 2.25. The number of nitrogens with zero attached hydrogens (tertiary/aromatic N) is 4. The number of aromatic nitrogens is 4. The Kier molecular flexibility index (Phi) is 4.99. The monoisotopic (exact) mass is 378 g/mol. The van der Waals surface area contributed by atoms with Gasteiger partial charge in [0.2, 0.25) is 5.78 Å². The molecule has 0 aliphatic heterocycles. The van der Waals surface area contributed by atoms with Crippen molar-refractivity contribution in [1.82, 2.24) is 19.2 Å². The van der Waals surface area contributed by atoms with Crippen LogP contribution < -0.4 is 5.56 Å². The van der Waals surface area contributed by atoms with Gasteiger partial charge in [-0.15, -0.1) is 10.2 Å². The van der Waals surface area contributed by atoms with E-state index in [4.69, 9.17) is 0 Å². The maximum absolute atomic E-state index is 13.0. The summed E-state index contributed by atoms with van der Waals surface area (Å²) in [4.78, 5) is 13.0. The lowest BCUT2D eigenvalue weighted by Gasteiger charge is -2.11. The van der Waals surface area contributed by atoms with Gasteiger partial charge in [0.15, 0.2) is 5.16 Å². The van der Waals surface area contributed by atoms with E-state index in [9.17, 15) is 4.79 Å². The highest BCUT2D eigenvalue weighted by Gasteiger charge is 2.16. The van der Waals surface area contributed by atoms with E-state index in [1.165, 1.54) is 11.1 Å². The molecule has 2 aromatic carbocycles. The molecule has 0 N–H and O–H groups in total. The van der Waals surface area contributed by atoms with Gasteiger partial charge in [-0.25, -0.2) is 0 Å². The Morgan fingerprint density at radius 2 is 1.81 bits per heavy atom. The largest absolute Gasteiger partial charge is 0.276 e. The first-order valence-corrected chi connectivity index (χ1v) is 10.2. The van der Waals surface area contributed by atoms with Crippen LogP contribution in [0.3, 0.4) is 0 Å². The van der Waals surface area contributed by atoms with Crippen molar-refractivity contribution in [2.75, 3.05) is 0 Å². The number of rotatable bonds is 6. The molecular weight excluding hydrogens is 356 g/mol. The summed E-state index contributed by atoms with van der Waals surface area (Å²) in [7, 11) is 0. The zero-order valence-corrected chi connectivity index (χ0v) is 16.4. The zero-order valence-electron chi connectivity index (χ0n) is 15.6. The van der Waals surface area contributed by atoms with Crippen LogP contribution in [0.2, 0.25) is 0 Å². The van der Waals surface area contributed by atoms with Crippen LogP contribution in [-0.2, 0) is 12.3 Å². The van der Waals surface area contributed by atoms with Gasteiger partial charge in [-0.05, 0) is 36.6 Å². The lowest BCUT2D eigenvalue weighted by Crippen LogP contribution is -2.23. The Labute approximate surface area is 162 Å². The summed E-state index contributed by atoms with van der Waals surface area (Å²) in [6.07, 6.45) is 1.96. The second kappa shape index (κ2) is 7.56. The number of fused-ring (bicyclic) bond motifs is 3. The highest BCUT2D eigenvalue weighted by atomic mass is 32.2. The third kappa shape index (κ3) is 3.25. The SMILES string of the molecule is CCCCn1c(=O)c2ccccc2n2c(SCc3ccccc3C)nnc12. The molecular formula is C21H22N4OS. The molecule has 0 bridgehead atoms. The van der Waals surface area contributed by atoms with Crippen LogP contribution >= 0.6 is 11.8 Å². The van der Waals surface area contributed by atoms with E-state index in [0.717, 1.165) is 29.3 Å². The summed E-state index contributed by atoms with van der Waals surface area (Å²) in [6, 6.07) is 16.1. The van der Waals surface area contributed by atoms with Gasteiger partial charge in [-0.3, -0.25) is 13.8 Å². The topological polar surface area (TPSA) is 52.2 Å². The maximum Gasteiger partial charge on any atom is 0.262 e. The Morgan fingerprint density at radius 1 is 1.04 bits per heavy atom. The number of benzene rings is 2. The smallest absolute Gasteiger partial charge is 0.262 e. The quantitative estimate of drug-likeness (QED) is 0.465. The average Bonchev–Trinajstić information content (AvgIpc) is 3.11. The summed E-state index contributed by atoms with van der Waals surface area (Å²) in [5.74, 6) is 1.44. The van der Waals surface area contributed by atoms with Crippen molar-refractivity contribution >= 4 is 28.4 Å². The maximum atomic E-state index is 13.0. The summed E-state index contributed by atoms with van der Waals surface area (Å²) < 4.78 is 3.78. The zero-order chi connectivity index (χ0) is 18.8. The number of unbranched alkanes of at least 4 members (excludes halogenated alkanes) is 1. The predicted octanol–water partition coefficient (Wildman–Crippen LogP) is 4.45. The molecule has 2 heterocycles. The molecule has 5 nitrogen and oxygen atoms in total. The van der Waals surface area contributed by atoms with E-state index in [0.29, 0.717) is 17.7 Å². The van der Waals surface area contributed by atoms with Crippen molar-refractivity contribution in [2.45, 2.75) is 44.1 Å². The molecule has 2 aromatic heterocycles. The normalized spacial score (nSPS) is 11.5. The second-order valence-electron chi connectivity index (χ2n) is 6.66. The van der Waals surface area contributed by atoms with E-state index < -0.39 is 0 Å². The molecule has 0 spiro atoms. The van der Waals surface area contributed by atoms with Crippen molar-refractivity contribution in [3.63, 3.8) is 0 Å². The van der Waals surface area contributed by atoms with Crippen LogP contribution in [-0.4, -0.2) is 19.2 Å². The van der Waals surface area contributed by atoms with Crippen LogP contribution in [0.15, 0.2) is 58.5 Å². The molecule has 4 rings (SSSR count). The van der Waals surface area contributed by atoms with Gasteiger partial charge in [-0.2, -0.15) is 0 Å². The fourth-order valence-corrected chi connectivity index (χ4v) is 4.28. The van der Waals surface area contributed by atoms with E-state index in [1.54, 1.807) is 16.3 Å². The molecule has 0 saturated heterocycles. The molecule has 27 heavy (non-hydrogen) atoms. The van der Waals surface area contributed by atoms with E-state index in [1.807, 2.05) is 28.7 Å². The fraction of sp³-hybridized carbons (Fsp3) is 0.286. The van der Waals surface area contributed by atoms with E-state index in [2.05, 4.69) is 48.3 Å². The second-order valence-corrected chi connectivity index (χ2v) is 7.60. The molecule has 4 aromatic rings. The molecule has 0 aliphatic rings. The Balaban J connectivity index is 1.84. The lowest BCUT2D eigenvalue weighted by molar-refractivity contribution is 0.620. The summed E-state index contributed by atoms with van der Waals surface area (Å²) in [5.41, 5.74) is 3.42. The fourth-order valence-electron chi connectivity index (χ4n) is 3.26. The van der Waals surface area contributed by atoms with Gasteiger partial charge in [0.05, 0.1) is 10.9 Å². The predicted molar refractivity (Wildman–Crippen MR) is 110 cm³/mol. The van der Waals surface area contributed by atoms with E-state index in [-0.39, 0.29) is 5.56 Å². The Hall–Kier alpha value is -2.60. The molecule has 0 saturated carbocycles. The Bertz CT molecular complexity index is 1160. The van der Waals surface area contributed by atoms with Gasteiger partial charge < -0.3 is 0 Å².